The number of hydrogen-bond acceptors (Lipinski definition) is 2. The van der Waals surface area contributed by atoms with Gasteiger partial charge in [0.1, 0.15) is 0 Å². The molecule has 1 aromatic rings. The second-order valence-corrected chi connectivity index (χ2v) is 6.98. The highest BCUT2D eigenvalue weighted by Gasteiger charge is 2.30. The predicted molar refractivity (Wildman–Crippen MR) is 89.5 cm³/mol. The van der Waals surface area contributed by atoms with E-state index in [9.17, 15) is 0 Å². The third kappa shape index (κ3) is 4.57. The quantitative estimate of drug-likeness (QED) is 0.816. The summed E-state index contributed by atoms with van der Waals surface area (Å²) in [6.45, 7) is 10.0. The van der Waals surface area contributed by atoms with E-state index in [0.717, 1.165) is 24.8 Å². The Morgan fingerprint density at radius 1 is 1.33 bits per heavy atom. The molecule has 1 aromatic heterocycles. The average molecular weight is 291 g/mol. The van der Waals surface area contributed by atoms with E-state index in [-0.39, 0.29) is 0 Å². The van der Waals surface area contributed by atoms with Crippen LogP contribution in [0.5, 0.6) is 0 Å². The molecule has 1 saturated carbocycles. The first kappa shape index (κ1) is 16.5. The van der Waals surface area contributed by atoms with Crippen LogP contribution in [0.3, 0.4) is 0 Å². The number of hydrogen-bond donors (Lipinski definition) is 1. The first-order valence-electron chi connectivity index (χ1n) is 8.91. The summed E-state index contributed by atoms with van der Waals surface area (Å²) in [6.07, 6.45) is 10.1. The highest BCUT2D eigenvalue weighted by molar-refractivity contribution is 5.03. The van der Waals surface area contributed by atoms with Gasteiger partial charge < -0.3 is 5.32 Å². The lowest BCUT2D eigenvalue weighted by Crippen LogP contribution is -2.41. The van der Waals surface area contributed by atoms with Crippen molar-refractivity contribution in [3.8, 4) is 0 Å². The molecule has 3 nitrogen and oxygen atoms in total. The van der Waals surface area contributed by atoms with E-state index in [1.807, 2.05) is 0 Å². The van der Waals surface area contributed by atoms with Crippen molar-refractivity contribution in [1.82, 2.24) is 15.1 Å². The van der Waals surface area contributed by atoms with E-state index in [2.05, 4.69) is 50.0 Å². The predicted octanol–water partition coefficient (Wildman–Crippen LogP) is 4.20. The Morgan fingerprint density at radius 2 is 2.14 bits per heavy atom. The molecule has 3 unspecified atom stereocenters. The minimum atomic E-state index is 0.461. The third-order valence-electron chi connectivity index (χ3n) is 4.92. The molecular formula is C18H33N3. The SMILES string of the molecule is CCCC1CCC(NCC)C(Cc2ccn(C(C)C)n2)C1. The molecular weight excluding hydrogens is 258 g/mol. The van der Waals surface area contributed by atoms with Gasteiger partial charge in [-0.25, -0.2) is 0 Å². The lowest BCUT2D eigenvalue weighted by molar-refractivity contribution is 0.194. The van der Waals surface area contributed by atoms with Crippen molar-refractivity contribution < 1.29 is 0 Å². The molecule has 0 amide bonds. The Labute approximate surface area is 130 Å². The van der Waals surface area contributed by atoms with E-state index in [1.54, 1.807) is 0 Å². The van der Waals surface area contributed by atoms with Crippen LogP contribution in [0.2, 0.25) is 0 Å². The van der Waals surface area contributed by atoms with Gasteiger partial charge in [-0.3, -0.25) is 4.68 Å². The van der Waals surface area contributed by atoms with E-state index in [0.29, 0.717) is 12.1 Å². The second-order valence-electron chi connectivity index (χ2n) is 6.98. The molecule has 3 heteroatoms. The van der Waals surface area contributed by atoms with E-state index < -0.39 is 0 Å². The van der Waals surface area contributed by atoms with Crippen molar-refractivity contribution in [2.45, 2.75) is 78.3 Å². The largest absolute Gasteiger partial charge is 0.314 e. The van der Waals surface area contributed by atoms with Crippen LogP contribution in [0.1, 0.15) is 71.5 Å². The molecule has 1 heterocycles. The fourth-order valence-electron chi connectivity index (χ4n) is 3.83. The number of rotatable bonds is 7. The molecule has 21 heavy (non-hydrogen) atoms. The van der Waals surface area contributed by atoms with Crippen molar-refractivity contribution in [3.05, 3.63) is 18.0 Å². The van der Waals surface area contributed by atoms with Gasteiger partial charge in [0, 0.05) is 18.3 Å². The van der Waals surface area contributed by atoms with Crippen LogP contribution in [0, 0.1) is 11.8 Å². The van der Waals surface area contributed by atoms with Crippen LogP contribution in [0.25, 0.3) is 0 Å². The highest BCUT2D eigenvalue weighted by Crippen LogP contribution is 2.34. The van der Waals surface area contributed by atoms with Gasteiger partial charge in [0.25, 0.3) is 0 Å². The summed E-state index contributed by atoms with van der Waals surface area (Å²) in [4.78, 5) is 0. The molecule has 0 aliphatic heterocycles. The fourth-order valence-corrected chi connectivity index (χ4v) is 3.83. The highest BCUT2D eigenvalue weighted by atomic mass is 15.3. The summed E-state index contributed by atoms with van der Waals surface area (Å²) in [5, 5.41) is 8.47. The molecule has 1 aliphatic rings. The molecule has 0 bridgehead atoms. The van der Waals surface area contributed by atoms with Gasteiger partial charge in [-0.2, -0.15) is 5.10 Å². The van der Waals surface area contributed by atoms with E-state index >= 15 is 0 Å². The van der Waals surface area contributed by atoms with Gasteiger partial charge >= 0.3 is 0 Å². The van der Waals surface area contributed by atoms with Gasteiger partial charge in [-0.15, -0.1) is 0 Å². The second kappa shape index (κ2) is 7.98. The first-order chi connectivity index (χ1) is 10.1. The summed E-state index contributed by atoms with van der Waals surface area (Å²) >= 11 is 0. The van der Waals surface area contributed by atoms with Crippen molar-refractivity contribution >= 4 is 0 Å². The minimum Gasteiger partial charge on any atom is -0.314 e. The van der Waals surface area contributed by atoms with Gasteiger partial charge in [0.15, 0.2) is 0 Å². The standard InChI is InChI=1S/C18H33N3/c1-5-7-15-8-9-18(19-6-2)16(12-15)13-17-10-11-21(20-17)14(3)4/h10-11,14-16,18-19H,5-9,12-13H2,1-4H3. The monoisotopic (exact) mass is 291 g/mol. The van der Waals surface area contributed by atoms with Crippen molar-refractivity contribution in [2.75, 3.05) is 6.54 Å². The van der Waals surface area contributed by atoms with E-state index in [4.69, 9.17) is 5.10 Å². The Kier molecular flexibility index (Phi) is 6.28. The Morgan fingerprint density at radius 3 is 2.76 bits per heavy atom. The van der Waals surface area contributed by atoms with Crippen LogP contribution < -0.4 is 5.32 Å². The number of aromatic nitrogens is 2. The van der Waals surface area contributed by atoms with E-state index in [1.165, 1.54) is 37.8 Å². The average Bonchev–Trinajstić information content (AvgIpc) is 2.91. The summed E-state index contributed by atoms with van der Waals surface area (Å²) in [5.41, 5.74) is 1.27. The zero-order valence-electron chi connectivity index (χ0n) is 14.3. The maximum absolute atomic E-state index is 4.76. The maximum Gasteiger partial charge on any atom is 0.0628 e. The van der Waals surface area contributed by atoms with Crippen molar-refractivity contribution in [3.63, 3.8) is 0 Å². The molecule has 1 aliphatic carbocycles. The van der Waals surface area contributed by atoms with Gasteiger partial charge in [-0.05, 0) is 64.0 Å². The summed E-state index contributed by atoms with van der Waals surface area (Å²) in [6, 6.07) is 3.36. The Balaban J connectivity index is 2.00. The lowest BCUT2D eigenvalue weighted by atomic mass is 9.74. The molecule has 1 N–H and O–H groups in total. The van der Waals surface area contributed by atoms with Crippen LogP contribution >= 0.6 is 0 Å². The molecule has 2 rings (SSSR count). The maximum atomic E-state index is 4.76. The smallest absolute Gasteiger partial charge is 0.0628 e. The fraction of sp³-hybridized carbons (Fsp3) is 0.833. The summed E-state index contributed by atoms with van der Waals surface area (Å²) < 4.78 is 2.09. The Bertz CT molecular complexity index is 410. The van der Waals surface area contributed by atoms with Crippen molar-refractivity contribution in [1.29, 1.82) is 0 Å². The Hall–Kier alpha value is -0.830. The van der Waals surface area contributed by atoms with Crippen LogP contribution in [0.4, 0.5) is 0 Å². The number of nitrogens with zero attached hydrogens (tertiary/aromatic N) is 2. The molecule has 0 aromatic carbocycles. The molecule has 120 valence electrons. The van der Waals surface area contributed by atoms with Gasteiger partial charge in [0.2, 0.25) is 0 Å². The molecule has 0 saturated heterocycles. The molecule has 1 fully saturated rings. The molecule has 0 radical (unpaired) electrons. The van der Waals surface area contributed by atoms with Crippen LogP contribution in [-0.4, -0.2) is 22.4 Å². The lowest BCUT2D eigenvalue weighted by Gasteiger charge is -2.36. The summed E-state index contributed by atoms with van der Waals surface area (Å²) in [5.74, 6) is 1.69. The van der Waals surface area contributed by atoms with Gasteiger partial charge in [0.05, 0.1) is 5.69 Å². The van der Waals surface area contributed by atoms with Crippen LogP contribution in [-0.2, 0) is 6.42 Å². The van der Waals surface area contributed by atoms with Crippen molar-refractivity contribution in [2.24, 2.45) is 11.8 Å². The molecule has 0 spiro atoms. The first-order valence-corrected chi connectivity index (χ1v) is 8.91. The number of nitrogens with one attached hydrogen (secondary N) is 1. The normalized spacial score (nSPS) is 26.4. The minimum absolute atomic E-state index is 0.461. The molecule has 3 atom stereocenters. The third-order valence-corrected chi connectivity index (χ3v) is 4.92. The summed E-state index contributed by atoms with van der Waals surface area (Å²) in [7, 11) is 0. The topological polar surface area (TPSA) is 29.9 Å². The van der Waals surface area contributed by atoms with Gasteiger partial charge in [-0.1, -0.05) is 26.7 Å². The zero-order valence-corrected chi connectivity index (χ0v) is 14.3. The van der Waals surface area contributed by atoms with Crippen LogP contribution in [0.15, 0.2) is 12.3 Å². The zero-order chi connectivity index (χ0) is 15.2.